The molecule has 0 bridgehead atoms. The largest absolute Gasteiger partial charge is 0.457 e. The van der Waals surface area contributed by atoms with Crippen molar-refractivity contribution in [3.8, 4) is 11.5 Å². The van der Waals surface area contributed by atoms with Crippen LogP contribution in [0.2, 0.25) is 0 Å². The van der Waals surface area contributed by atoms with Gasteiger partial charge in [0.05, 0.1) is 11.5 Å². The van der Waals surface area contributed by atoms with Crippen LogP contribution < -0.4 is 10.1 Å². The van der Waals surface area contributed by atoms with E-state index in [1.807, 2.05) is 61.5 Å². The monoisotopic (exact) mass is 391 g/mol. The lowest BCUT2D eigenvalue weighted by Crippen LogP contribution is -2.15. The lowest BCUT2D eigenvalue weighted by molar-refractivity contribution is -0.113. The fourth-order valence-corrected chi connectivity index (χ4v) is 3.20. The van der Waals surface area contributed by atoms with E-state index in [2.05, 4.69) is 5.32 Å². The Morgan fingerprint density at radius 1 is 0.821 bits per heavy atom. The van der Waals surface area contributed by atoms with Crippen LogP contribution in [0.25, 0.3) is 0 Å². The molecule has 0 spiro atoms. The molecule has 4 nitrogen and oxygen atoms in total. The van der Waals surface area contributed by atoms with E-state index in [-0.39, 0.29) is 23.2 Å². The minimum absolute atomic E-state index is 0.0144. The third-order valence-corrected chi connectivity index (χ3v) is 4.89. The number of carbonyl (C=O) groups is 2. The zero-order chi connectivity index (χ0) is 19.8. The second-order valence-electron chi connectivity index (χ2n) is 6.27. The van der Waals surface area contributed by atoms with Crippen molar-refractivity contribution in [1.82, 2.24) is 0 Å². The van der Waals surface area contributed by atoms with Crippen molar-refractivity contribution in [3.63, 3.8) is 0 Å². The SMILES string of the molecule is Cc1ccc(NC(=O)CSCC(=O)c2ccc(Oc3ccccc3)cc2)cc1. The molecule has 0 unspecified atom stereocenters. The summed E-state index contributed by atoms with van der Waals surface area (Å²) in [5, 5.41) is 2.83. The molecule has 1 amide bonds. The number of anilines is 1. The third kappa shape index (κ3) is 5.99. The molecule has 0 aliphatic carbocycles. The van der Waals surface area contributed by atoms with E-state index >= 15 is 0 Å². The van der Waals surface area contributed by atoms with E-state index in [0.717, 1.165) is 17.0 Å². The molecule has 0 aromatic heterocycles. The maximum absolute atomic E-state index is 12.3. The van der Waals surface area contributed by atoms with Gasteiger partial charge in [-0.05, 0) is 55.5 Å². The summed E-state index contributed by atoms with van der Waals surface area (Å²) in [4.78, 5) is 24.3. The van der Waals surface area contributed by atoms with Crippen molar-refractivity contribution in [3.05, 3.63) is 90.0 Å². The van der Waals surface area contributed by atoms with Gasteiger partial charge in [-0.25, -0.2) is 0 Å². The number of ether oxygens (including phenoxy) is 1. The molecular weight excluding hydrogens is 370 g/mol. The van der Waals surface area contributed by atoms with Crippen LogP contribution >= 0.6 is 11.8 Å². The minimum Gasteiger partial charge on any atom is -0.457 e. The van der Waals surface area contributed by atoms with E-state index < -0.39 is 0 Å². The van der Waals surface area contributed by atoms with Crippen molar-refractivity contribution in [2.45, 2.75) is 6.92 Å². The normalized spacial score (nSPS) is 10.3. The smallest absolute Gasteiger partial charge is 0.234 e. The second-order valence-corrected chi connectivity index (χ2v) is 7.26. The fraction of sp³-hybridized carbons (Fsp3) is 0.130. The molecule has 0 heterocycles. The van der Waals surface area contributed by atoms with E-state index in [1.165, 1.54) is 11.8 Å². The van der Waals surface area contributed by atoms with Gasteiger partial charge >= 0.3 is 0 Å². The highest BCUT2D eigenvalue weighted by molar-refractivity contribution is 8.00. The highest BCUT2D eigenvalue weighted by Gasteiger charge is 2.09. The summed E-state index contributed by atoms with van der Waals surface area (Å²) in [6.07, 6.45) is 0. The van der Waals surface area contributed by atoms with Crippen LogP contribution in [0, 0.1) is 6.92 Å². The number of thioether (sulfide) groups is 1. The van der Waals surface area contributed by atoms with Gasteiger partial charge in [-0.2, -0.15) is 0 Å². The first-order valence-electron chi connectivity index (χ1n) is 8.90. The Balaban J connectivity index is 1.44. The minimum atomic E-state index is -0.117. The molecule has 0 radical (unpaired) electrons. The maximum atomic E-state index is 12.3. The fourth-order valence-electron chi connectivity index (χ4n) is 2.49. The molecule has 0 fully saturated rings. The third-order valence-electron chi connectivity index (χ3n) is 3.96. The number of rotatable bonds is 8. The van der Waals surface area contributed by atoms with Gasteiger partial charge in [-0.3, -0.25) is 9.59 Å². The lowest BCUT2D eigenvalue weighted by Gasteiger charge is -2.07. The number of carbonyl (C=O) groups excluding carboxylic acids is 2. The first-order valence-corrected chi connectivity index (χ1v) is 10.1. The molecule has 0 saturated heterocycles. The van der Waals surface area contributed by atoms with E-state index in [0.29, 0.717) is 11.3 Å². The Morgan fingerprint density at radius 2 is 1.46 bits per heavy atom. The number of para-hydroxylation sites is 1. The summed E-state index contributed by atoms with van der Waals surface area (Å²) in [6, 6.07) is 24.1. The van der Waals surface area contributed by atoms with Crippen LogP contribution in [0.15, 0.2) is 78.9 Å². The van der Waals surface area contributed by atoms with Gasteiger partial charge in [0.2, 0.25) is 5.91 Å². The highest BCUT2D eigenvalue weighted by atomic mass is 32.2. The lowest BCUT2D eigenvalue weighted by atomic mass is 10.1. The molecule has 5 heteroatoms. The number of nitrogens with one attached hydrogen (secondary N) is 1. The Bertz CT molecular complexity index is 922. The van der Waals surface area contributed by atoms with Crippen LogP contribution in [-0.4, -0.2) is 23.2 Å². The number of hydrogen-bond donors (Lipinski definition) is 1. The Morgan fingerprint density at radius 3 is 2.14 bits per heavy atom. The Labute approximate surface area is 168 Å². The van der Waals surface area contributed by atoms with E-state index in [4.69, 9.17) is 4.74 Å². The van der Waals surface area contributed by atoms with E-state index in [1.54, 1.807) is 24.3 Å². The predicted octanol–water partition coefficient (Wildman–Crippen LogP) is 5.34. The van der Waals surface area contributed by atoms with E-state index in [9.17, 15) is 9.59 Å². The van der Waals surface area contributed by atoms with Crippen LogP contribution in [-0.2, 0) is 4.79 Å². The summed E-state index contributed by atoms with van der Waals surface area (Å²) < 4.78 is 5.72. The number of amides is 1. The van der Waals surface area contributed by atoms with Gasteiger partial charge in [0.15, 0.2) is 5.78 Å². The van der Waals surface area contributed by atoms with Crippen molar-refractivity contribution >= 4 is 29.1 Å². The average molecular weight is 391 g/mol. The zero-order valence-corrected chi connectivity index (χ0v) is 16.4. The van der Waals surface area contributed by atoms with Crippen LogP contribution in [0.4, 0.5) is 5.69 Å². The van der Waals surface area contributed by atoms with Crippen molar-refractivity contribution in [2.75, 3.05) is 16.8 Å². The molecule has 28 heavy (non-hydrogen) atoms. The van der Waals surface area contributed by atoms with Crippen LogP contribution in [0.5, 0.6) is 11.5 Å². The van der Waals surface area contributed by atoms with Gasteiger partial charge in [-0.1, -0.05) is 35.9 Å². The average Bonchev–Trinajstić information content (AvgIpc) is 2.71. The Kier molecular flexibility index (Phi) is 6.87. The van der Waals surface area contributed by atoms with Gasteiger partial charge < -0.3 is 10.1 Å². The molecular formula is C23H21NO3S. The molecule has 0 aliphatic rings. The highest BCUT2D eigenvalue weighted by Crippen LogP contribution is 2.21. The summed E-state index contributed by atoms with van der Waals surface area (Å²) in [5.41, 5.74) is 2.50. The number of Topliss-reactive ketones (excluding diaryl/α,β-unsaturated/α-hetero) is 1. The molecule has 0 atom stereocenters. The van der Waals surface area contributed by atoms with Crippen LogP contribution in [0.1, 0.15) is 15.9 Å². The summed E-state index contributed by atoms with van der Waals surface area (Å²) >= 11 is 1.30. The molecule has 1 N–H and O–H groups in total. The van der Waals surface area contributed by atoms with Gasteiger partial charge in [0, 0.05) is 11.3 Å². The standard InChI is InChI=1S/C23H21NO3S/c1-17-7-11-19(12-8-17)24-23(26)16-28-15-22(25)18-9-13-21(14-10-18)27-20-5-3-2-4-6-20/h2-14H,15-16H2,1H3,(H,24,26). The molecule has 3 aromatic carbocycles. The molecule has 0 aliphatic heterocycles. The zero-order valence-electron chi connectivity index (χ0n) is 15.6. The van der Waals surface area contributed by atoms with Crippen molar-refractivity contribution in [2.24, 2.45) is 0 Å². The molecule has 142 valence electrons. The second kappa shape index (κ2) is 9.76. The summed E-state index contributed by atoms with van der Waals surface area (Å²) in [5.74, 6) is 1.77. The molecule has 0 saturated carbocycles. The van der Waals surface area contributed by atoms with Crippen molar-refractivity contribution < 1.29 is 14.3 Å². The maximum Gasteiger partial charge on any atom is 0.234 e. The van der Waals surface area contributed by atoms with Gasteiger partial charge in [0.1, 0.15) is 11.5 Å². The van der Waals surface area contributed by atoms with Crippen molar-refractivity contribution in [1.29, 1.82) is 0 Å². The van der Waals surface area contributed by atoms with Crippen LogP contribution in [0.3, 0.4) is 0 Å². The first-order chi connectivity index (χ1) is 13.6. The topological polar surface area (TPSA) is 55.4 Å². The van der Waals surface area contributed by atoms with Gasteiger partial charge in [0.25, 0.3) is 0 Å². The summed E-state index contributed by atoms with van der Waals surface area (Å²) in [6.45, 7) is 1.99. The quantitative estimate of drug-likeness (QED) is 0.527. The Hall–Kier alpha value is -3.05. The summed E-state index contributed by atoms with van der Waals surface area (Å²) in [7, 11) is 0. The first kappa shape index (κ1) is 19.7. The number of hydrogen-bond acceptors (Lipinski definition) is 4. The number of ketones is 1. The molecule has 3 rings (SSSR count). The predicted molar refractivity (Wildman–Crippen MR) is 114 cm³/mol. The van der Waals surface area contributed by atoms with Gasteiger partial charge in [-0.15, -0.1) is 11.8 Å². The molecule has 3 aromatic rings. The number of benzene rings is 3. The number of aryl methyl sites for hydroxylation is 1.